The highest BCUT2D eigenvalue weighted by molar-refractivity contribution is 9.10. The molecule has 4 heteroatoms. The Morgan fingerprint density at radius 3 is 3.25 bits per heavy atom. The predicted molar refractivity (Wildman–Crippen MR) is 33.4 cm³/mol. The highest BCUT2D eigenvalue weighted by atomic mass is 79.9. The molecule has 0 spiro atoms. The fourth-order valence-electron chi connectivity index (χ4n) is 0.263. The highest BCUT2D eigenvalue weighted by Gasteiger charge is 1.98. The van der Waals surface area contributed by atoms with Crippen LogP contribution in [0.3, 0.4) is 0 Å². The molecule has 0 saturated carbocycles. The second-order valence-electron chi connectivity index (χ2n) is 1.14. The van der Waals surface area contributed by atoms with Crippen LogP contribution in [0.4, 0.5) is 0 Å². The van der Waals surface area contributed by atoms with Crippen molar-refractivity contribution in [1.82, 2.24) is 15.0 Å². The topological polar surface area (TPSA) is 30.7 Å². The van der Waals surface area contributed by atoms with Gasteiger partial charge in [-0.15, -0.1) is 5.10 Å². The lowest BCUT2D eigenvalue weighted by atomic mass is 10.6. The third-order valence-corrected chi connectivity index (χ3v) is 1.16. The van der Waals surface area contributed by atoms with Gasteiger partial charge in [0, 0.05) is 15.2 Å². The third-order valence-electron chi connectivity index (χ3n) is 0.629. The molecule has 0 atom stereocenters. The van der Waals surface area contributed by atoms with Crippen molar-refractivity contribution in [2.45, 2.75) is 6.85 Å². The van der Waals surface area contributed by atoms with Gasteiger partial charge in [-0.2, -0.15) is 0 Å². The molecule has 0 saturated heterocycles. The first kappa shape index (κ1) is 1.80. The van der Waals surface area contributed by atoms with E-state index in [2.05, 4.69) is 26.2 Å². The van der Waals surface area contributed by atoms with E-state index in [0.717, 1.165) is 0 Å². The van der Waals surface area contributed by atoms with Crippen molar-refractivity contribution in [2.24, 2.45) is 6.98 Å². The van der Waals surface area contributed by atoms with Crippen molar-refractivity contribution in [1.29, 1.82) is 0 Å². The zero-order valence-electron chi connectivity index (χ0n) is 9.72. The molecule has 0 amide bonds. The quantitative estimate of drug-likeness (QED) is 0.596. The van der Waals surface area contributed by atoms with Gasteiger partial charge in [-0.1, -0.05) is 5.21 Å². The smallest absolute Gasteiger partial charge is 0.151 e. The van der Waals surface area contributed by atoms with Crippen LogP contribution < -0.4 is 0 Å². The number of hydrogen-bond donors (Lipinski definition) is 0. The van der Waals surface area contributed by atoms with Gasteiger partial charge in [0.15, 0.2) is 4.60 Å². The van der Waals surface area contributed by atoms with Gasteiger partial charge in [0.1, 0.15) is 0 Å². The lowest BCUT2D eigenvalue weighted by Crippen LogP contribution is -1.91. The van der Waals surface area contributed by atoms with Crippen LogP contribution in [0.2, 0.25) is 0 Å². The summed E-state index contributed by atoms with van der Waals surface area (Å²) < 4.78 is 42.7. The van der Waals surface area contributed by atoms with Crippen molar-refractivity contribution in [2.75, 3.05) is 0 Å². The monoisotopic (exact) mass is 181 g/mol. The van der Waals surface area contributed by atoms with E-state index in [1.54, 1.807) is 0 Å². The van der Waals surface area contributed by atoms with E-state index in [9.17, 15) is 0 Å². The molecule has 0 aliphatic rings. The minimum absolute atomic E-state index is 0.0753. The molecule has 0 aliphatic carbocycles. The Bertz CT molecular complexity index is 338. The molecule has 1 aromatic heterocycles. The summed E-state index contributed by atoms with van der Waals surface area (Å²) in [5.41, 5.74) is -0.419. The van der Waals surface area contributed by atoms with Crippen molar-refractivity contribution in [3.05, 3.63) is 10.3 Å². The van der Waals surface area contributed by atoms with E-state index in [4.69, 9.17) is 8.22 Å². The molecule has 0 N–H and O–H groups in total. The normalized spacial score (nSPS) is 24.1. The molecule has 1 aromatic rings. The van der Waals surface area contributed by atoms with Gasteiger partial charge < -0.3 is 0 Å². The summed E-state index contributed by atoms with van der Waals surface area (Å²) in [6.07, 6.45) is 0. The summed E-state index contributed by atoms with van der Waals surface area (Å²) >= 11 is 2.84. The summed E-state index contributed by atoms with van der Waals surface area (Å²) in [7, 11) is 0. The molecule has 0 unspecified atom stereocenters. The maximum Gasteiger partial charge on any atom is 0.151 e. The second-order valence-corrected chi connectivity index (χ2v) is 1.89. The molecule has 1 rings (SSSR count). The van der Waals surface area contributed by atoms with Crippen LogP contribution >= 0.6 is 15.9 Å². The van der Waals surface area contributed by atoms with E-state index in [0.29, 0.717) is 4.68 Å². The minimum atomic E-state index is -2.64. The second kappa shape index (κ2) is 1.85. The van der Waals surface area contributed by atoms with E-state index in [1.807, 2.05) is 0 Å². The number of hydrogen-bond acceptors (Lipinski definition) is 2. The zero-order chi connectivity index (χ0) is 11.1. The molecule has 8 heavy (non-hydrogen) atoms. The largest absolute Gasteiger partial charge is 0.252 e. The van der Waals surface area contributed by atoms with E-state index in [-0.39, 0.29) is 4.60 Å². The Morgan fingerprint density at radius 2 is 2.75 bits per heavy atom. The van der Waals surface area contributed by atoms with Crippen molar-refractivity contribution in [3.63, 3.8) is 0 Å². The summed E-state index contributed by atoms with van der Waals surface area (Å²) in [6, 6.07) is 0. The maximum atomic E-state index is 7.10. The van der Waals surface area contributed by atoms with Gasteiger partial charge in [0.25, 0.3) is 0 Å². The number of nitrogens with zero attached hydrogens (tertiary/aromatic N) is 3. The molecular formula is C4H6BrN3. The molecule has 0 aromatic carbocycles. The summed E-state index contributed by atoms with van der Waals surface area (Å²) in [4.78, 5) is 0. The molecule has 0 fully saturated rings. The van der Waals surface area contributed by atoms with Crippen LogP contribution in [0, 0.1) is 6.85 Å². The lowest BCUT2D eigenvalue weighted by Gasteiger charge is -1.86. The summed E-state index contributed by atoms with van der Waals surface area (Å²) in [5.74, 6) is 0. The first-order chi connectivity index (χ1) is 6.14. The van der Waals surface area contributed by atoms with Gasteiger partial charge >= 0.3 is 0 Å². The van der Waals surface area contributed by atoms with Gasteiger partial charge in [-0.25, -0.2) is 0 Å². The van der Waals surface area contributed by atoms with Gasteiger partial charge in [0.05, 0.1) is 5.69 Å². The van der Waals surface area contributed by atoms with Crippen molar-refractivity contribution < 1.29 is 8.22 Å². The zero-order valence-corrected chi connectivity index (χ0v) is 5.31. The van der Waals surface area contributed by atoms with Crippen molar-refractivity contribution >= 4 is 15.9 Å². The van der Waals surface area contributed by atoms with Gasteiger partial charge in [0.2, 0.25) is 0 Å². The molecule has 3 nitrogen and oxygen atoms in total. The fraction of sp³-hybridized carbons (Fsp3) is 0.500. The third kappa shape index (κ3) is 0.753. The highest BCUT2D eigenvalue weighted by Crippen LogP contribution is 2.08. The maximum absolute atomic E-state index is 7.10. The van der Waals surface area contributed by atoms with Crippen molar-refractivity contribution in [3.8, 4) is 0 Å². The van der Waals surface area contributed by atoms with E-state index in [1.165, 1.54) is 0 Å². The van der Waals surface area contributed by atoms with Crippen LogP contribution in [-0.2, 0) is 6.98 Å². The van der Waals surface area contributed by atoms with Gasteiger partial charge in [-0.05, 0) is 22.8 Å². The van der Waals surface area contributed by atoms with Crippen LogP contribution in [0.25, 0.3) is 0 Å². The molecule has 0 aliphatic heterocycles. The van der Waals surface area contributed by atoms with Crippen LogP contribution in [0.5, 0.6) is 0 Å². The molecule has 0 bridgehead atoms. The molecule has 44 valence electrons. The predicted octanol–water partition coefficient (Wildman–Crippen LogP) is 0.886. The average molecular weight is 182 g/mol. The Morgan fingerprint density at radius 1 is 1.88 bits per heavy atom. The minimum Gasteiger partial charge on any atom is -0.252 e. The number of halogens is 1. The summed E-state index contributed by atoms with van der Waals surface area (Å²) in [6.45, 7) is -5.19. The fourth-order valence-corrected chi connectivity index (χ4v) is 0.502. The molecular weight excluding hydrogens is 170 g/mol. The average Bonchev–Trinajstić information content (AvgIpc) is 2.27. The standard InChI is InChI=1S/C4H6BrN3/c1-3-4(5)6-7-8(3)2/h1-2H3/i1D3,2D3. The first-order valence-electron chi connectivity index (χ1n) is 4.76. The van der Waals surface area contributed by atoms with Crippen LogP contribution in [0.1, 0.15) is 13.9 Å². The Balaban J connectivity index is 3.35. The molecule has 0 radical (unpaired) electrons. The Hall–Kier alpha value is -0.380. The molecule has 1 heterocycles. The van der Waals surface area contributed by atoms with E-state index >= 15 is 0 Å². The first-order valence-corrected chi connectivity index (χ1v) is 2.55. The van der Waals surface area contributed by atoms with Crippen LogP contribution in [0.15, 0.2) is 4.60 Å². The summed E-state index contributed by atoms with van der Waals surface area (Å²) in [5, 5.41) is 6.61. The van der Waals surface area contributed by atoms with Crippen LogP contribution in [-0.4, -0.2) is 15.0 Å². The number of rotatable bonds is 0. The number of aromatic nitrogens is 3. The lowest BCUT2D eigenvalue weighted by molar-refractivity contribution is 0.696. The SMILES string of the molecule is [2H]C([2H])([2H])c1c(Br)nnn1C([2H])([2H])[2H]. The Labute approximate surface area is 64.3 Å². The van der Waals surface area contributed by atoms with Gasteiger partial charge in [-0.3, -0.25) is 4.68 Å². The Kier molecular flexibility index (Phi) is 0.417. The van der Waals surface area contributed by atoms with E-state index < -0.39 is 19.5 Å². The number of aryl methyl sites for hydroxylation is 1.